The molecule has 1 aliphatic rings. The van der Waals surface area contributed by atoms with E-state index in [1.807, 2.05) is 0 Å². The summed E-state index contributed by atoms with van der Waals surface area (Å²) in [5.74, 6) is -1.02. The van der Waals surface area contributed by atoms with Crippen molar-refractivity contribution in [1.82, 2.24) is 9.55 Å². The summed E-state index contributed by atoms with van der Waals surface area (Å²) in [6, 6.07) is 16.3. The molecular weight excluding hydrogens is 444 g/mol. The molecule has 0 fully saturated rings. The fourth-order valence-corrected chi connectivity index (χ4v) is 4.29. The van der Waals surface area contributed by atoms with Gasteiger partial charge < -0.3 is 14.4 Å². The number of rotatable bonds is 5. The zero-order valence-corrected chi connectivity index (χ0v) is 18.0. The Morgan fingerprint density at radius 1 is 0.970 bits per heavy atom. The van der Waals surface area contributed by atoms with E-state index in [4.69, 9.17) is 16.3 Å². The molecule has 3 aromatic carbocycles. The molecule has 0 radical (unpaired) electrons. The van der Waals surface area contributed by atoms with E-state index in [2.05, 4.69) is 4.98 Å². The first kappa shape index (κ1) is 21.1. The molecule has 33 heavy (non-hydrogen) atoms. The molecular formula is C25H17ClN2O5. The van der Waals surface area contributed by atoms with Crippen LogP contribution in [0.4, 0.5) is 0 Å². The number of hydrogen-bond acceptors (Lipinski definition) is 6. The molecule has 5 rings (SSSR count). The average Bonchev–Trinajstić information content (AvgIpc) is 3.17. The lowest BCUT2D eigenvalue weighted by atomic mass is 9.82. The Balaban J connectivity index is 1.47. The molecule has 0 atom stereocenters. The van der Waals surface area contributed by atoms with Gasteiger partial charge in [0.1, 0.15) is 12.4 Å². The van der Waals surface area contributed by atoms with Crippen LogP contribution < -0.4 is 0 Å². The number of ether oxygens (including phenoxy) is 1. The van der Waals surface area contributed by atoms with E-state index in [0.29, 0.717) is 27.4 Å². The lowest BCUT2D eigenvalue weighted by Gasteiger charge is -2.19. The molecule has 0 amide bonds. The Morgan fingerprint density at radius 3 is 2.45 bits per heavy atom. The fourth-order valence-electron chi connectivity index (χ4n) is 4.13. The Hall–Kier alpha value is -3.81. The number of aromatic nitrogens is 2. The topological polar surface area (TPSA) is 98.5 Å². The molecule has 1 aromatic heterocycles. The van der Waals surface area contributed by atoms with E-state index in [0.717, 1.165) is 0 Å². The molecule has 0 unspecified atom stereocenters. The molecule has 0 saturated heterocycles. The standard InChI is InChI=1S/C25H17ClN2O5/c26-14-8-9-19-20(12-14)28(10-11-29)21(27-19)13-33-25(32)18-7-3-6-17-22(18)24(31)16-5-2-1-4-15(16)23(17)30/h1-9,12,29H,10-11,13H2. The maximum atomic E-state index is 13.1. The zero-order valence-electron chi connectivity index (χ0n) is 17.2. The second-order valence-electron chi connectivity index (χ2n) is 7.54. The number of benzene rings is 3. The minimum Gasteiger partial charge on any atom is -0.454 e. The highest BCUT2D eigenvalue weighted by Gasteiger charge is 2.33. The van der Waals surface area contributed by atoms with Crippen LogP contribution in [-0.4, -0.2) is 38.8 Å². The third kappa shape index (κ3) is 3.51. The summed E-state index contributed by atoms with van der Waals surface area (Å²) in [6.45, 7) is -0.0805. The van der Waals surface area contributed by atoms with E-state index < -0.39 is 11.8 Å². The van der Waals surface area contributed by atoms with Crippen LogP contribution in [0.3, 0.4) is 0 Å². The number of halogens is 1. The lowest BCUT2D eigenvalue weighted by molar-refractivity contribution is 0.0455. The number of imidazole rings is 1. The Morgan fingerprint density at radius 2 is 1.70 bits per heavy atom. The Kier molecular flexibility index (Phi) is 5.28. The van der Waals surface area contributed by atoms with Gasteiger partial charge in [0.2, 0.25) is 0 Å². The molecule has 164 valence electrons. The molecule has 8 heteroatoms. The first-order valence-corrected chi connectivity index (χ1v) is 10.6. The van der Waals surface area contributed by atoms with E-state index in [1.165, 1.54) is 12.1 Å². The number of nitrogens with zero attached hydrogens (tertiary/aromatic N) is 2. The van der Waals surface area contributed by atoms with Crippen LogP contribution in [0.5, 0.6) is 0 Å². The van der Waals surface area contributed by atoms with E-state index in [1.54, 1.807) is 53.1 Å². The summed E-state index contributed by atoms with van der Waals surface area (Å²) in [4.78, 5) is 43.5. The number of carbonyl (C=O) groups is 3. The molecule has 7 nitrogen and oxygen atoms in total. The summed E-state index contributed by atoms with van der Waals surface area (Å²) in [5.41, 5.74) is 2.17. The summed E-state index contributed by atoms with van der Waals surface area (Å²) in [6.07, 6.45) is 0. The highest BCUT2D eigenvalue weighted by molar-refractivity contribution is 6.31. The van der Waals surface area contributed by atoms with Crippen LogP contribution in [0.2, 0.25) is 5.02 Å². The Bertz CT molecular complexity index is 1460. The summed E-state index contributed by atoms with van der Waals surface area (Å²) in [5, 5.41) is 9.97. The zero-order chi connectivity index (χ0) is 23.1. The molecule has 0 spiro atoms. The molecule has 0 bridgehead atoms. The van der Waals surface area contributed by atoms with Crippen molar-refractivity contribution in [2.75, 3.05) is 6.61 Å². The Labute approximate surface area is 193 Å². The number of aliphatic hydroxyl groups excluding tert-OH is 1. The maximum absolute atomic E-state index is 13.1. The molecule has 1 heterocycles. The van der Waals surface area contributed by atoms with E-state index in [9.17, 15) is 19.5 Å². The number of fused-ring (bicyclic) bond motifs is 3. The van der Waals surface area contributed by atoms with Gasteiger partial charge in [-0.2, -0.15) is 0 Å². The highest BCUT2D eigenvalue weighted by atomic mass is 35.5. The molecule has 0 saturated carbocycles. The lowest BCUT2D eigenvalue weighted by Crippen LogP contribution is -2.24. The van der Waals surface area contributed by atoms with Gasteiger partial charge in [-0.15, -0.1) is 0 Å². The van der Waals surface area contributed by atoms with Crippen molar-refractivity contribution in [1.29, 1.82) is 0 Å². The molecule has 4 aromatic rings. The minimum atomic E-state index is -0.743. The monoisotopic (exact) mass is 460 g/mol. The van der Waals surface area contributed by atoms with Crippen molar-refractivity contribution in [3.05, 3.63) is 99.3 Å². The van der Waals surface area contributed by atoms with Gasteiger partial charge in [-0.1, -0.05) is 48.0 Å². The van der Waals surface area contributed by atoms with Gasteiger partial charge in [0, 0.05) is 33.8 Å². The van der Waals surface area contributed by atoms with Gasteiger partial charge in [0.25, 0.3) is 0 Å². The average molecular weight is 461 g/mol. The van der Waals surface area contributed by atoms with Gasteiger partial charge in [-0.3, -0.25) is 9.59 Å². The summed E-state index contributed by atoms with van der Waals surface area (Å²) < 4.78 is 7.22. The van der Waals surface area contributed by atoms with Crippen LogP contribution in [0.15, 0.2) is 60.7 Å². The SMILES string of the molecule is O=C(OCc1nc2ccc(Cl)cc2n1CCO)c1cccc2c1C(=O)c1ccccc1C2=O. The predicted molar refractivity (Wildman–Crippen MR) is 121 cm³/mol. The van der Waals surface area contributed by atoms with Crippen molar-refractivity contribution in [3.63, 3.8) is 0 Å². The molecule has 1 aliphatic carbocycles. The van der Waals surface area contributed by atoms with Gasteiger partial charge in [-0.05, 0) is 24.3 Å². The number of carbonyl (C=O) groups excluding carboxylic acids is 3. The van der Waals surface area contributed by atoms with Crippen LogP contribution >= 0.6 is 11.6 Å². The van der Waals surface area contributed by atoms with Crippen molar-refractivity contribution < 1.29 is 24.2 Å². The third-order valence-electron chi connectivity index (χ3n) is 5.62. The largest absolute Gasteiger partial charge is 0.454 e. The first-order valence-electron chi connectivity index (χ1n) is 10.2. The summed E-state index contributed by atoms with van der Waals surface area (Å²) in [7, 11) is 0. The van der Waals surface area contributed by atoms with Crippen LogP contribution in [0, 0.1) is 0 Å². The minimum absolute atomic E-state index is 0.0215. The van der Waals surface area contributed by atoms with E-state index in [-0.39, 0.29) is 47.8 Å². The second-order valence-corrected chi connectivity index (χ2v) is 7.98. The van der Waals surface area contributed by atoms with Crippen LogP contribution in [-0.2, 0) is 17.9 Å². The van der Waals surface area contributed by atoms with Crippen molar-refractivity contribution in [2.45, 2.75) is 13.2 Å². The van der Waals surface area contributed by atoms with Gasteiger partial charge in [-0.25, -0.2) is 9.78 Å². The van der Waals surface area contributed by atoms with Gasteiger partial charge >= 0.3 is 5.97 Å². The number of ketones is 2. The van der Waals surface area contributed by atoms with Crippen molar-refractivity contribution in [2.24, 2.45) is 0 Å². The van der Waals surface area contributed by atoms with Crippen molar-refractivity contribution >= 4 is 40.2 Å². The number of hydrogen-bond donors (Lipinski definition) is 1. The van der Waals surface area contributed by atoms with Crippen LogP contribution in [0.25, 0.3) is 11.0 Å². The normalized spacial score (nSPS) is 12.5. The fraction of sp³-hybridized carbons (Fsp3) is 0.120. The van der Waals surface area contributed by atoms with Gasteiger partial charge in [0.05, 0.1) is 23.2 Å². The summed E-state index contributed by atoms with van der Waals surface area (Å²) >= 11 is 6.09. The van der Waals surface area contributed by atoms with Crippen LogP contribution in [0.1, 0.15) is 48.0 Å². The smallest absolute Gasteiger partial charge is 0.339 e. The maximum Gasteiger partial charge on any atom is 0.339 e. The first-order chi connectivity index (χ1) is 16.0. The third-order valence-corrected chi connectivity index (χ3v) is 5.85. The van der Waals surface area contributed by atoms with E-state index >= 15 is 0 Å². The number of esters is 1. The predicted octanol–water partition coefficient (Wildman–Crippen LogP) is 3.81. The highest BCUT2D eigenvalue weighted by Crippen LogP contribution is 2.30. The number of aliphatic hydroxyl groups is 1. The van der Waals surface area contributed by atoms with Gasteiger partial charge in [0.15, 0.2) is 11.6 Å². The second kappa shape index (κ2) is 8.27. The molecule has 1 N–H and O–H groups in total. The quantitative estimate of drug-likeness (QED) is 0.400. The molecule has 0 aliphatic heterocycles. The van der Waals surface area contributed by atoms with Crippen molar-refractivity contribution in [3.8, 4) is 0 Å².